The maximum absolute atomic E-state index is 6.04. The second kappa shape index (κ2) is 6.28. The molecule has 21 heavy (non-hydrogen) atoms. The van der Waals surface area contributed by atoms with Crippen LogP contribution in [0, 0.1) is 0 Å². The minimum atomic E-state index is 0.251. The largest absolute Gasteiger partial charge is 0.396 e. The van der Waals surface area contributed by atoms with E-state index in [0.29, 0.717) is 32.4 Å². The predicted molar refractivity (Wildman–Crippen MR) is 91.3 cm³/mol. The van der Waals surface area contributed by atoms with E-state index in [9.17, 15) is 0 Å². The van der Waals surface area contributed by atoms with E-state index in [1.54, 1.807) is 12.1 Å². The Bertz CT molecular complexity index is 642. The van der Waals surface area contributed by atoms with E-state index in [2.05, 4.69) is 17.1 Å². The Morgan fingerprint density at radius 1 is 1.24 bits per heavy atom. The molecule has 0 amide bonds. The summed E-state index contributed by atoms with van der Waals surface area (Å²) in [7, 11) is 0. The monoisotopic (exact) mass is 361 g/mol. The van der Waals surface area contributed by atoms with Crippen molar-refractivity contribution in [3.05, 3.63) is 28.0 Å². The van der Waals surface area contributed by atoms with Gasteiger partial charge in [-0.15, -0.1) is 11.8 Å². The second-order valence-corrected chi connectivity index (χ2v) is 8.23. The van der Waals surface area contributed by atoms with Crippen LogP contribution in [0.2, 0.25) is 10.0 Å². The van der Waals surface area contributed by atoms with E-state index >= 15 is 0 Å². The summed E-state index contributed by atoms with van der Waals surface area (Å²) < 4.78 is 5.36. The molecule has 0 spiro atoms. The van der Waals surface area contributed by atoms with Gasteiger partial charge in [0.05, 0.1) is 21.0 Å². The molecule has 2 N–H and O–H groups in total. The third kappa shape index (κ3) is 3.13. The fraction of sp³-hybridized carbons (Fsp3) is 0.385. The number of benzene rings is 1. The van der Waals surface area contributed by atoms with Gasteiger partial charge in [-0.3, -0.25) is 0 Å². The van der Waals surface area contributed by atoms with Gasteiger partial charge in [0.15, 0.2) is 5.82 Å². The van der Waals surface area contributed by atoms with Crippen LogP contribution in [-0.4, -0.2) is 26.9 Å². The van der Waals surface area contributed by atoms with E-state index in [-0.39, 0.29) is 5.25 Å². The standard InChI is InChI=1S/C13H13Cl2N3OS2/c1-6-11(21-3-2-20-6)12-17-13(19-18-12)7-4-8(14)10(16)9(15)5-7/h4-6,11H,2-3,16H2,1H3. The summed E-state index contributed by atoms with van der Waals surface area (Å²) in [6.07, 6.45) is 0. The number of nitrogens with zero attached hydrogens (tertiary/aromatic N) is 2. The Morgan fingerprint density at radius 3 is 2.57 bits per heavy atom. The molecular formula is C13H13Cl2N3OS2. The molecule has 0 bridgehead atoms. The first-order chi connectivity index (χ1) is 10.1. The molecule has 8 heteroatoms. The van der Waals surface area contributed by atoms with Gasteiger partial charge in [0.1, 0.15) is 0 Å². The number of aromatic nitrogens is 2. The van der Waals surface area contributed by atoms with Crippen LogP contribution < -0.4 is 5.73 Å². The zero-order chi connectivity index (χ0) is 15.0. The van der Waals surface area contributed by atoms with Crippen LogP contribution in [-0.2, 0) is 0 Å². The third-order valence-corrected chi connectivity index (χ3v) is 6.92. The lowest BCUT2D eigenvalue weighted by Crippen LogP contribution is -2.16. The number of nitrogens with two attached hydrogens (primary N) is 1. The number of nitrogen functional groups attached to an aromatic ring is 1. The fourth-order valence-corrected chi connectivity index (χ4v) is 5.26. The summed E-state index contributed by atoms with van der Waals surface area (Å²) in [4.78, 5) is 4.50. The molecule has 1 aliphatic heterocycles. The van der Waals surface area contributed by atoms with Gasteiger partial charge >= 0.3 is 0 Å². The van der Waals surface area contributed by atoms with Crippen molar-refractivity contribution >= 4 is 52.4 Å². The van der Waals surface area contributed by atoms with Gasteiger partial charge in [0, 0.05) is 22.3 Å². The number of anilines is 1. The van der Waals surface area contributed by atoms with E-state index in [0.717, 1.165) is 17.3 Å². The van der Waals surface area contributed by atoms with Gasteiger partial charge in [-0.2, -0.15) is 16.7 Å². The van der Waals surface area contributed by atoms with Gasteiger partial charge in [-0.05, 0) is 12.1 Å². The van der Waals surface area contributed by atoms with E-state index < -0.39 is 0 Å². The van der Waals surface area contributed by atoms with Crippen LogP contribution in [0.4, 0.5) is 5.69 Å². The van der Waals surface area contributed by atoms with Crippen molar-refractivity contribution in [1.29, 1.82) is 0 Å². The molecule has 2 unspecified atom stereocenters. The molecule has 4 nitrogen and oxygen atoms in total. The minimum absolute atomic E-state index is 0.251. The molecule has 1 fully saturated rings. The quantitative estimate of drug-likeness (QED) is 0.792. The molecule has 1 aromatic heterocycles. The highest BCUT2D eigenvalue weighted by Gasteiger charge is 2.28. The van der Waals surface area contributed by atoms with Gasteiger partial charge in [-0.25, -0.2) is 0 Å². The lowest BCUT2D eigenvalue weighted by Gasteiger charge is -2.24. The van der Waals surface area contributed by atoms with Crippen molar-refractivity contribution in [2.24, 2.45) is 0 Å². The summed E-state index contributed by atoms with van der Waals surface area (Å²) >= 11 is 15.9. The van der Waals surface area contributed by atoms with Crippen LogP contribution in [0.25, 0.3) is 11.5 Å². The molecule has 112 valence electrons. The van der Waals surface area contributed by atoms with Crippen LogP contribution >= 0.6 is 46.7 Å². The molecule has 0 radical (unpaired) electrons. The first-order valence-electron chi connectivity index (χ1n) is 6.38. The van der Waals surface area contributed by atoms with Gasteiger partial charge in [0.25, 0.3) is 5.89 Å². The molecular weight excluding hydrogens is 349 g/mol. The SMILES string of the molecule is CC1SCCSC1c1noc(-c2cc(Cl)c(N)c(Cl)c2)n1. The summed E-state index contributed by atoms with van der Waals surface area (Å²) in [6, 6.07) is 3.37. The molecule has 2 heterocycles. The lowest BCUT2D eigenvalue weighted by molar-refractivity contribution is 0.422. The summed E-state index contributed by atoms with van der Waals surface area (Å²) in [5.41, 5.74) is 6.77. The van der Waals surface area contributed by atoms with E-state index in [4.69, 9.17) is 33.5 Å². The number of rotatable bonds is 2. The Morgan fingerprint density at radius 2 is 1.90 bits per heavy atom. The van der Waals surface area contributed by atoms with Gasteiger partial charge in [0.2, 0.25) is 0 Å². The fourth-order valence-electron chi connectivity index (χ4n) is 2.09. The van der Waals surface area contributed by atoms with Crippen molar-refractivity contribution in [3.63, 3.8) is 0 Å². The number of hydrogen-bond acceptors (Lipinski definition) is 6. The minimum Gasteiger partial charge on any atom is -0.396 e. The summed E-state index contributed by atoms with van der Waals surface area (Å²) in [5, 5.41) is 5.59. The topological polar surface area (TPSA) is 64.9 Å². The maximum Gasteiger partial charge on any atom is 0.258 e. The lowest BCUT2D eigenvalue weighted by atomic mass is 10.2. The zero-order valence-electron chi connectivity index (χ0n) is 11.2. The van der Waals surface area contributed by atoms with E-state index in [1.165, 1.54) is 0 Å². The highest BCUT2D eigenvalue weighted by Crippen LogP contribution is 2.42. The van der Waals surface area contributed by atoms with Crippen LogP contribution in [0.1, 0.15) is 18.0 Å². The molecule has 1 aromatic carbocycles. The number of hydrogen-bond donors (Lipinski definition) is 1. The average Bonchev–Trinajstić information content (AvgIpc) is 2.94. The Labute approximate surface area is 141 Å². The van der Waals surface area contributed by atoms with Crippen LogP contribution in [0.3, 0.4) is 0 Å². The summed E-state index contributed by atoms with van der Waals surface area (Å²) in [6.45, 7) is 2.19. The molecule has 1 saturated heterocycles. The smallest absolute Gasteiger partial charge is 0.258 e. The average molecular weight is 362 g/mol. The molecule has 2 aromatic rings. The number of thioether (sulfide) groups is 2. The normalized spacial score (nSPS) is 22.4. The van der Waals surface area contributed by atoms with Crippen molar-refractivity contribution in [3.8, 4) is 11.5 Å². The Kier molecular flexibility index (Phi) is 4.59. The zero-order valence-corrected chi connectivity index (χ0v) is 14.3. The molecule has 2 atom stereocenters. The van der Waals surface area contributed by atoms with Gasteiger partial charge in [-0.1, -0.05) is 35.3 Å². The maximum atomic E-state index is 6.04. The highest BCUT2D eigenvalue weighted by molar-refractivity contribution is 8.06. The Hall–Kier alpha value is -0.560. The number of halogens is 2. The van der Waals surface area contributed by atoms with Crippen molar-refractivity contribution in [2.45, 2.75) is 17.4 Å². The second-order valence-electron chi connectivity index (χ2n) is 4.68. The summed E-state index contributed by atoms with van der Waals surface area (Å²) in [5.74, 6) is 3.40. The molecule has 0 aliphatic carbocycles. The molecule has 3 rings (SSSR count). The molecule has 1 aliphatic rings. The predicted octanol–water partition coefficient (Wildman–Crippen LogP) is 4.54. The first-order valence-corrected chi connectivity index (χ1v) is 9.23. The van der Waals surface area contributed by atoms with Crippen LogP contribution in [0.15, 0.2) is 16.7 Å². The van der Waals surface area contributed by atoms with Crippen molar-refractivity contribution in [1.82, 2.24) is 10.1 Å². The van der Waals surface area contributed by atoms with Crippen molar-refractivity contribution < 1.29 is 4.52 Å². The van der Waals surface area contributed by atoms with Crippen molar-refractivity contribution in [2.75, 3.05) is 17.2 Å². The van der Waals surface area contributed by atoms with Crippen LogP contribution in [0.5, 0.6) is 0 Å². The third-order valence-electron chi connectivity index (χ3n) is 3.21. The van der Waals surface area contributed by atoms with Gasteiger partial charge < -0.3 is 10.3 Å². The Balaban J connectivity index is 1.91. The molecule has 0 saturated carbocycles. The highest BCUT2D eigenvalue weighted by atomic mass is 35.5. The van der Waals surface area contributed by atoms with E-state index in [1.807, 2.05) is 23.5 Å². The first kappa shape index (κ1) is 15.3.